The quantitative estimate of drug-likeness (QED) is 0.754. The number of alkyl halides is 3. The van der Waals surface area contributed by atoms with Crippen molar-refractivity contribution in [2.45, 2.75) is 18.0 Å². The lowest BCUT2D eigenvalue weighted by atomic mass is 10.2. The summed E-state index contributed by atoms with van der Waals surface area (Å²) in [5.74, 6) is -0.0133. The summed E-state index contributed by atoms with van der Waals surface area (Å²) >= 11 is 0. The van der Waals surface area contributed by atoms with Crippen LogP contribution in [-0.2, 0) is 16.2 Å². The van der Waals surface area contributed by atoms with Crippen LogP contribution in [-0.4, -0.2) is 23.0 Å². The third-order valence-electron chi connectivity index (χ3n) is 3.58. The first-order valence-corrected chi connectivity index (χ1v) is 8.83. The molecule has 0 fully saturated rings. The van der Waals surface area contributed by atoms with Gasteiger partial charge in [0.15, 0.2) is 11.5 Å². The highest BCUT2D eigenvalue weighted by molar-refractivity contribution is 7.89. The predicted molar refractivity (Wildman–Crippen MR) is 87.9 cm³/mol. The summed E-state index contributed by atoms with van der Waals surface area (Å²) in [6.45, 7) is 1.80. The van der Waals surface area contributed by atoms with Gasteiger partial charge in [0, 0.05) is 18.1 Å². The number of imidazole rings is 1. The number of hydrogen-bond donors (Lipinski definition) is 1. The van der Waals surface area contributed by atoms with Crippen molar-refractivity contribution in [3.05, 3.63) is 60.0 Å². The average molecular weight is 382 g/mol. The number of aryl methyl sites for hydroxylation is 1. The zero-order chi connectivity index (χ0) is 19.1. The smallest absolute Gasteiger partial charge is 0.298 e. The molecule has 2 heterocycles. The van der Waals surface area contributed by atoms with E-state index in [0.29, 0.717) is 0 Å². The molecule has 0 unspecified atom stereocenters. The number of hydrogen-bond acceptors (Lipinski definition) is 4. The number of nitrogens with zero attached hydrogens (tertiary/aromatic N) is 3. The number of aromatic nitrogens is 3. The number of halogens is 3. The van der Waals surface area contributed by atoms with Gasteiger partial charge < -0.3 is 0 Å². The van der Waals surface area contributed by atoms with Gasteiger partial charge in [-0.2, -0.15) is 13.2 Å². The van der Waals surface area contributed by atoms with Crippen LogP contribution >= 0.6 is 0 Å². The number of rotatable bonds is 3. The minimum atomic E-state index is -4.63. The molecule has 2 N–H and O–H groups in total. The molecule has 0 aliphatic rings. The lowest BCUT2D eigenvalue weighted by Gasteiger charge is -2.08. The van der Waals surface area contributed by atoms with E-state index in [1.807, 2.05) is 0 Å². The summed E-state index contributed by atoms with van der Waals surface area (Å²) in [5.41, 5.74) is 0.310. The van der Waals surface area contributed by atoms with Crippen LogP contribution in [0, 0.1) is 6.92 Å². The van der Waals surface area contributed by atoms with Crippen molar-refractivity contribution in [1.82, 2.24) is 14.5 Å². The van der Waals surface area contributed by atoms with Gasteiger partial charge in [0.2, 0.25) is 10.0 Å². The average Bonchev–Trinajstić information content (AvgIpc) is 3.00. The van der Waals surface area contributed by atoms with Gasteiger partial charge in [-0.25, -0.2) is 18.5 Å². The third kappa shape index (κ3) is 3.60. The van der Waals surface area contributed by atoms with Gasteiger partial charge in [-0.05, 0) is 42.8 Å². The van der Waals surface area contributed by atoms with E-state index < -0.39 is 21.9 Å². The molecule has 1 aromatic carbocycles. The SMILES string of the molecule is Cc1ccc(-c2nc(C(F)(F)F)cn2-c2ccc(S(N)(=O)=O)cc2)nc1. The van der Waals surface area contributed by atoms with E-state index in [-0.39, 0.29) is 22.1 Å². The maximum Gasteiger partial charge on any atom is 0.434 e. The molecule has 136 valence electrons. The molecule has 0 bridgehead atoms. The Morgan fingerprint density at radius 2 is 1.73 bits per heavy atom. The van der Waals surface area contributed by atoms with E-state index in [0.717, 1.165) is 11.8 Å². The van der Waals surface area contributed by atoms with Crippen LogP contribution in [0.2, 0.25) is 0 Å². The highest BCUT2D eigenvalue weighted by atomic mass is 32.2. The molecule has 10 heteroatoms. The summed E-state index contributed by atoms with van der Waals surface area (Å²) in [7, 11) is -3.90. The second kappa shape index (κ2) is 6.22. The molecular formula is C16H13F3N4O2S. The Bertz CT molecular complexity index is 1040. The Morgan fingerprint density at radius 1 is 1.08 bits per heavy atom. The topological polar surface area (TPSA) is 90.9 Å². The number of sulfonamides is 1. The fraction of sp³-hybridized carbons (Fsp3) is 0.125. The summed E-state index contributed by atoms with van der Waals surface area (Å²) in [6.07, 6.45) is -2.28. The maximum atomic E-state index is 13.1. The second-order valence-corrected chi connectivity index (χ2v) is 7.14. The van der Waals surface area contributed by atoms with Crippen LogP contribution in [0.4, 0.5) is 13.2 Å². The molecule has 0 amide bonds. The van der Waals surface area contributed by atoms with Crippen LogP contribution in [0.5, 0.6) is 0 Å². The normalized spacial score (nSPS) is 12.3. The van der Waals surface area contributed by atoms with Gasteiger partial charge in [0.1, 0.15) is 5.69 Å². The van der Waals surface area contributed by atoms with E-state index in [2.05, 4.69) is 9.97 Å². The molecule has 0 spiro atoms. The highest BCUT2D eigenvalue weighted by Gasteiger charge is 2.35. The third-order valence-corrected chi connectivity index (χ3v) is 4.51. The largest absolute Gasteiger partial charge is 0.434 e. The van der Waals surface area contributed by atoms with E-state index in [1.165, 1.54) is 35.0 Å². The van der Waals surface area contributed by atoms with Gasteiger partial charge in [0.05, 0.1) is 4.90 Å². The predicted octanol–water partition coefficient (Wildman–Crippen LogP) is 2.91. The first kappa shape index (κ1) is 18.1. The van der Waals surface area contributed by atoms with E-state index in [1.54, 1.807) is 19.1 Å². The van der Waals surface area contributed by atoms with Crippen molar-refractivity contribution in [2.75, 3.05) is 0 Å². The Hall–Kier alpha value is -2.72. The minimum absolute atomic E-state index is 0.0133. The molecule has 3 aromatic rings. The summed E-state index contributed by atoms with van der Waals surface area (Å²) in [6, 6.07) is 8.39. The second-order valence-electron chi connectivity index (χ2n) is 5.58. The maximum absolute atomic E-state index is 13.1. The summed E-state index contributed by atoms with van der Waals surface area (Å²) in [4.78, 5) is 7.64. The van der Waals surface area contributed by atoms with Crippen molar-refractivity contribution in [2.24, 2.45) is 5.14 Å². The molecule has 0 aliphatic heterocycles. The molecule has 0 atom stereocenters. The van der Waals surface area contributed by atoms with Gasteiger partial charge in [-0.15, -0.1) is 0 Å². The van der Waals surface area contributed by atoms with Crippen LogP contribution in [0.25, 0.3) is 17.2 Å². The number of pyridine rings is 1. The van der Waals surface area contributed by atoms with Crippen molar-refractivity contribution < 1.29 is 21.6 Å². The molecule has 0 radical (unpaired) electrons. The van der Waals surface area contributed by atoms with E-state index in [4.69, 9.17) is 5.14 Å². The summed E-state index contributed by atoms with van der Waals surface area (Å²) < 4.78 is 63.2. The zero-order valence-electron chi connectivity index (χ0n) is 13.4. The summed E-state index contributed by atoms with van der Waals surface area (Å²) in [5, 5.41) is 5.04. The van der Waals surface area contributed by atoms with Gasteiger partial charge >= 0.3 is 6.18 Å². The van der Waals surface area contributed by atoms with E-state index in [9.17, 15) is 21.6 Å². The monoisotopic (exact) mass is 382 g/mol. The Morgan fingerprint density at radius 3 is 2.23 bits per heavy atom. The van der Waals surface area contributed by atoms with Crippen LogP contribution in [0.1, 0.15) is 11.3 Å². The van der Waals surface area contributed by atoms with Crippen LogP contribution in [0.15, 0.2) is 53.7 Å². The molecule has 0 aliphatic carbocycles. The van der Waals surface area contributed by atoms with Crippen LogP contribution in [0.3, 0.4) is 0 Å². The molecule has 6 nitrogen and oxygen atoms in total. The molecule has 0 saturated heterocycles. The fourth-order valence-corrected chi connectivity index (χ4v) is 2.81. The fourth-order valence-electron chi connectivity index (χ4n) is 2.29. The lowest BCUT2D eigenvalue weighted by molar-refractivity contribution is -0.140. The number of primary sulfonamides is 1. The molecular weight excluding hydrogens is 369 g/mol. The molecule has 3 rings (SSSR count). The Labute approximate surface area is 147 Å². The van der Waals surface area contributed by atoms with Gasteiger partial charge in [-0.1, -0.05) is 6.07 Å². The van der Waals surface area contributed by atoms with Gasteiger partial charge in [-0.3, -0.25) is 9.55 Å². The van der Waals surface area contributed by atoms with E-state index >= 15 is 0 Å². The number of benzene rings is 1. The first-order valence-electron chi connectivity index (χ1n) is 7.28. The first-order chi connectivity index (χ1) is 12.1. The molecule has 0 saturated carbocycles. The van der Waals surface area contributed by atoms with Crippen molar-refractivity contribution in [1.29, 1.82) is 0 Å². The van der Waals surface area contributed by atoms with Crippen molar-refractivity contribution in [3.8, 4) is 17.2 Å². The number of nitrogens with two attached hydrogens (primary N) is 1. The Balaban J connectivity index is 2.16. The van der Waals surface area contributed by atoms with Gasteiger partial charge in [0.25, 0.3) is 0 Å². The molecule has 26 heavy (non-hydrogen) atoms. The molecule has 2 aromatic heterocycles. The van der Waals surface area contributed by atoms with Crippen LogP contribution < -0.4 is 5.14 Å². The zero-order valence-corrected chi connectivity index (χ0v) is 14.2. The van der Waals surface area contributed by atoms with Crippen molar-refractivity contribution >= 4 is 10.0 Å². The lowest BCUT2D eigenvalue weighted by Crippen LogP contribution is -2.12. The van der Waals surface area contributed by atoms with Crippen molar-refractivity contribution in [3.63, 3.8) is 0 Å². The standard InChI is InChI=1S/C16H13F3N4O2S/c1-10-2-7-13(21-8-10)15-22-14(16(17,18)19)9-23(15)11-3-5-12(6-4-11)26(20,24)25/h2-9H,1H3,(H2,20,24,25). The Kier molecular flexibility index (Phi) is 4.32. The highest BCUT2D eigenvalue weighted by Crippen LogP contribution is 2.32. The minimum Gasteiger partial charge on any atom is -0.298 e.